The number of amides is 2. The maximum Gasteiger partial charge on any atom is 0.345 e. The minimum atomic E-state index is -2.03. The highest BCUT2D eigenvalue weighted by atomic mass is 16.5. The van der Waals surface area contributed by atoms with Gasteiger partial charge in [0.15, 0.2) is 0 Å². The topological polar surface area (TPSA) is 105 Å². The molecule has 0 aromatic heterocycles. The van der Waals surface area contributed by atoms with Gasteiger partial charge in [0.05, 0.1) is 0 Å². The maximum atomic E-state index is 12.9. The molecule has 1 aromatic rings. The number of carboxylic acid groups (broad SMARTS) is 1. The highest BCUT2D eigenvalue weighted by molar-refractivity contribution is 6.06. The number of ether oxygens (including phenoxy) is 1. The minimum Gasteiger partial charge on any atom is -0.479 e. The molecule has 0 aliphatic carbocycles. The van der Waals surface area contributed by atoms with Gasteiger partial charge in [0, 0.05) is 14.2 Å². The van der Waals surface area contributed by atoms with Gasteiger partial charge in [-0.1, -0.05) is 51.1 Å². The smallest absolute Gasteiger partial charge is 0.345 e. The van der Waals surface area contributed by atoms with E-state index in [9.17, 15) is 19.5 Å². The van der Waals surface area contributed by atoms with Crippen molar-refractivity contribution in [1.29, 1.82) is 0 Å². The number of aryl methyl sites for hydroxylation is 1. The van der Waals surface area contributed by atoms with Gasteiger partial charge < -0.3 is 20.5 Å². The molecule has 0 saturated carbocycles. The van der Waals surface area contributed by atoms with E-state index in [2.05, 4.69) is 10.6 Å². The molecule has 0 saturated heterocycles. The molecule has 3 N–H and O–H groups in total. The lowest BCUT2D eigenvalue weighted by Crippen LogP contribution is -2.61. The second kappa shape index (κ2) is 10.2. The lowest BCUT2D eigenvalue weighted by atomic mass is 9.85. The van der Waals surface area contributed by atoms with Gasteiger partial charge in [-0.3, -0.25) is 9.59 Å². The Bertz CT molecular complexity index is 669. The van der Waals surface area contributed by atoms with Crippen LogP contribution < -0.4 is 10.6 Å². The highest BCUT2D eigenvalue weighted by Crippen LogP contribution is 2.24. The normalized spacial score (nSPS) is 14.6. The molecular weight excluding hydrogens is 360 g/mol. The summed E-state index contributed by atoms with van der Waals surface area (Å²) in [7, 11) is 2.68. The van der Waals surface area contributed by atoms with E-state index >= 15 is 0 Å². The number of nitrogens with one attached hydrogen (secondary N) is 2. The highest BCUT2D eigenvalue weighted by Gasteiger charge is 2.48. The third-order valence-corrected chi connectivity index (χ3v) is 4.80. The van der Waals surface area contributed by atoms with Crippen molar-refractivity contribution in [3.8, 4) is 0 Å². The quantitative estimate of drug-likeness (QED) is 0.418. The second-order valence-electron chi connectivity index (χ2n) is 7.92. The van der Waals surface area contributed by atoms with Crippen LogP contribution in [0.1, 0.15) is 45.6 Å². The number of methoxy groups -OCH3 is 1. The fourth-order valence-corrected chi connectivity index (χ4v) is 3.01. The van der Waals surface area contributed by atoms with Crippen LogP contribution in [0.3, 0.4) is 0 Å². The van der Waals surface area contributed by atoms with Crippen LogP contribution in [0.2, 0.25) is 0 Å². The zero-order valence-electron chi connectivity index (χ0n) is 17.4. The van der Waals surface area contributed by atoms with Crippen molar-refractivity contribution in [2.45, 2.75) is 58.1 Å². The first-order valence-corrected chi connectivity index (χ1v) is 9.43. The number of benzene rings is 1. The molecule has 0 spiro atoms. The summed E-state index contributed by atoms with van der Waals surface area (Å²) < 4.78 is 5.20. The van der Waals surface area contributed by atoms with Gasteiger partial charge in [-0.15, -0.1) is 0 Å². The van der Waals surface area contributed by atoms with E-state index in [-0.39, 0.29) is 12.3 Å². The fourth-order valence-electron chi connectivity index (χ4n) is 3.01. The van der Waals surface area contributed by atoms with Gasteiger partial charge in [-0.2, -0.15) is 0 Å². The number of likely N-dealkylation sites (N-methyl/N-ethyl adjacent to an activating group) is 1. The van der Waals surface area contributed by atoms with Gasteiger partial charge in [-0.05, 0) is 36.7 Å². The summed E-state index contributed by atoms with van der Waals surface area (Å²) in [6.45, 7) is 5.38. The van der Waals surface area contributed by atoms with E-state index in [1.807, 2.05) is 30.3 Å². The molecule has 0 aliphatic rings. The Morgan fingerprint density at radius 3 is 2.18 bits per heavy atom. The number of carbonyl (C=O) groups is 3. The van der Waals surface area contributed by atoms with E-state index in [0.717, 1.165) is 12.0 Å². The van der Waals surface area contributed by atoms with Crippen LogP contribution >= 0.6 is 0 Å². The van der Waals surface area contributed by atoms with Crippen molar-refractivity contribution in [2.75, 3.05) is 14.2 Å². The van der Waals surface area contributed by atoms with Crippen LogP contribution in [0.4, 0.5) is 0 Å². The van der Waals surface area contributed by atoms with Crippen LogP contribution in [-0.4, -0.2) is 48.7 Å². The van der Waals surface area contributed by atoms with Gasteiger partial charge in [0.1, 0.15) is 6.04 Å². The summed E-state index contributed by atoms with van der Waals surface area (Å²) in [5, 5.41) is 14.8. The first-order valence-electron chi connectivity index (χ1n) is 9.43. The molecule has 1 aromatic carbocycles. The molecule has 1 rings (SSSR count). The SMILES string of the molecule is CNC(=O)[C@@H](NC(=O)[C@](CCCCc1ccccc1)(OC)C(=O)O)C(C)(C)C. The molecule has 0 radical (unpaired) electrons. The van der Waals surface area contributed by atoms with Crippen LogP contribution in [0, 0.1) is 5.41 Å². The van der Waals surface area contributed by atoms with Crippen molar-refractivity contribution in [1.82, 2.24) is 10.6 Å². The van der Waals surface area contributed by atoms with E-state index in [1.165, 1.54) is 14.2 Å². The number of rotatable bonds is 10. The summed E-state index contributed by atoms with van der Waals surface area (Å²) in [5.74, 6) is -2.57. The monoisotopic (exact) mass is 392 g/mol. The van der Waals surface area contributed by atoms with E-state index in [1.54, 1.807) is 20.8 Å². The third-order valence-electron chi connectivity index (χ3n) is 4.80. The van der Waals surface area contributed by atoms with Gasteiger partial charge in [0.25, 0.3) is 5.91 Å². The van der Waals surface area contributed by atoms with Crippen LogP contribution in [0.5, 0.6) is 0 Å². The molecule has 156 valence electrons. The number of unbranched alkanes of at least 4 members (excludes halogenated alkanes) is 1. The number of carboxylic acids is 1. The van der Waals surface area contributed by atoms with Crippen molar-refractivity contribution in [3.05, 3.63) is 35.9 Å². The zero-order chi connectivity index (χ0) is 21.4. The fraction of sp³-hybridized carbons (Fsp3) is 0.571. The minimum absolute atomic E-state index is 0.0160. The maximum absolute atomic E-state index is 12.9. The summed E-state index contributed by atoms with van der Waals surface area (Å²) in [4.78, 5) is 37.0. The molecule has 0 heterocycles. The Morgan fingerprint density at radius 2 is 1.71 bits per heavy atom. The van der Waals surface area contributed by atoms with Crippen LogP contribution in [-0.2, 0) is 25.5 Å². The first-order chi connectivity index (χ1) is 13.1. The molecule has 2 amide bonds. The molecular formula is C21H32N2O5. The molecule has 28 heavy (non-hydrogen) atoms. The second-order valence-corrected chi connectivity index (χ2v) is 7.92. The Morgan fingerprint density at radius 1 is 1.11 bits per heavy atom. The third kappa shape index (κ3) is 6.05. The lowest BCUT2D eigenvalue weighted by Gasteiger charge is -2.34. The first kappa shape index (κ1) is 23.6. The number of hydrogen-bond donors (Lipinski definition) is 3. The van der Waals surface area contributed by atoms with Crippen LogP contribution in [0.15, 0.2) is 30.3 Å². The van der Waals surface area contributed by atoms with Crippen LogP contribution in [0.25, 0.3) is 0 Å². The van der Waals surface area contributed by atoms with Crippen molar-refractivity contribution < 1.29 is 24.2 Å². The summed E-state index contributed by atoms with van der Waals surface area (Å²) in [5.41, 5.74) is -1.48. The standard InChI is InChI=1S/C21H32N2O5/c1-20(2,3)16(17(24)22-4)23-18(25)21(28-5,19(26)27)14-10-9-13-15-11-7-6-8-12-15/h6-8,11-12,16H,9-10,13-14H2,1-5H3,(H,22,24)(H,23,25)(H,26,27)/t16-,21+/m1/s1. The predicted molar refractivity (Wildman–Crippen MR) is 107 cm³/mol. The molecule has 7 nitrogen and oxygen atoms in total. The average Bonchev–Trinajstić information content (AvgIpc) is 2.65. The van der Waals surface area contributed by atoms with Gasteiger partial charge in [0.2, 0.25) is 11.5 Å². The molecule has 0 unspecified atom stereocenters. The summed E-state index contributed by atoms with van der Waals surface area (Å²) in [6, 6.07) is 8.96. The largest absolute Gasteiger partial charge is 0.479 e. The molecule has 2 atom stereocenters. The van der Waals surface area contributed by atoms with Gasteiger partial charge >= 0.3 is 5.97 Å². The number of carbonyl (C=O) groups excluding carboxylic acids is 2. The molecule has 7 heteroatoms. The number of hydrogen-bond acceptors (Lipinski definition) is 4. The molecule has 0 aliphatic heterocycles. The predicted octanol–water partition coefficient (Wildman–Crippen LogP) is 2.15. The van der Waals surface area contributed by atoms with Gasteiger partial charge in [-0.25, -0.2) is 4.79 Å². The number of aliphatic carboxylic acids is 1. The average molecular weight is 392 g/mol. The Labute approximate surface area is 166 Å². The Balaban J connectivity index is 2.87. The Hall–Kier alpha value is -2.41. The van der Waals surface area contributed by atoms with E-state index < -0.39 is 28.9 Å². The lowest BCUT2D eigenvalue weighted by molar-refractivity contribution is -0.172. The van der Waals surface area contributed by atoms with E-state index in [4.69, 9.17) is 4.74 Å². The summed E-state index contributed by atoms with van der Waals surface area (Å²) in [6.07, 6.45) is 2.00. The zero-order valence-corrected chi connectivity index (χ0v) is 17.4. The van der Waals surface area contributed by atoms with Crippen molar-refractivity contribution >= 4 is 17.8 Å². The molecule has 0 bridgehead atoms. The molecule has 0 fully saturated rings. The van der Waals surface area contributed by atoms with Crippen molar-refractivity contribution in [2.24, 2.45) is 5.41 Å². The Kier molecular flexibility index (Phi) is 8.63. The van der Waals surface area contributed by atoms with Crippen molar-refractivity contribution in [3.63, 3.8) is 0 Å². The van der Waals surface area contributed by atoms with E-state index in [0.29, 0.717) is 12.8 Å². The summed E-state index contributed by atoms with van der Waals surface area (Å²) >= 11 is 0.